The molecule has 4 rings (SSSR count). The van der Waals surface area contributed by atoms with E-state index in [4.69, 9.17) is 4.74 Å². The van der Waals surface area contributed by atoms with Gasteiger partial charge in [0, 0.05) is 33.2 Å². The Labute approximate surface area is 193 Å². The molecule has 1 aliphatic rings. The molecule has 0 spiro atoms. The van der Waals surface area contributed by atoms with Crippen LogP contribution in [0.5, 0.6) is 5.75 Å². The van der Waals surface area contributed by atoms with Crippen LogP contribution in [0.3, 0.4) is 0 Å². The fourth-order valence-electron chi connectivity index (χ4n) is 4.10. The van der Waals surface area contributed by atoms with E-state index in [1.807, 2.05) is 20.9 Å². The summed E-state index contributed by atoms with van der Waals surface area (Å²) in [5, 5.41) is 4.46. The normalized spacial score (nSPS) is 15.9. The number of ether oxygens (including phenoxy) is 1. The average Bonchev–Trinajstić information content (AvgIpc) is 3.11. The Hall–Kier alpha value is -2.76. The molecule has 1 saturated heterocycles. The summed E-state index contributed by atoms with van der Waals surface area (Å²) in [6.45, 7) is 6.43. The van der Waals surface area contributed by atoms with Crippen molar-refractivity contribution in [1.29, 1.82) is 0 Å². The van der Waals surface area contributed by atoms with E-state index in [1.54, 1.807) is 13.1 Å². The Kier molecular flexibility index (Phi) is 6.55. The number of hydrogen-bond donors (Lipinski definition) is 0. The molecule has 11 heteroatoms. The molecule has 0 unspecified atom stereocenters. The van der Waals surface area contributed by atoms with Gasteiger partial charge in [-0.2, -0.15) is 9.40 Å². The molecule has 178 valence electrons. The van der Waals surface area contributed by atoms with E-state index in [1.165, 1.54) is 32.0 Å². The number of hydrogen-bond acceptors (Lipinski definition) is 7. The first-order valence-corrected chi connectivity index (χ1v) is 12.6. The van der Waals surface area contributed by atoms with Gasteiger partial charge in [-0.25, -0.2) is 13.4 Å². The molecular formula is C22H30N6O4S. The first-order valence-electron chi connectivity index (χ1n) is 11.2. The molecule has 0 atom stereocenters. The zero-order valence-corrected chi connectivity index (χ0v) is 20.3. The van der Waals surface area contributed by atoms with Crippen molar-refractivity contribution in [2.45, 2.75) is 31.6 Å². The number of aromatic nitrogens is 4. The summed E-state index contributed by atoms with van der Waals surface area (Å²) >= 11 is 0. The quantitative estimate of drug-likeness (QED) is 0.510. The topological polar surface area (TPSA) is 103 Å². The van der Waals surface area contributed by atoms with Gasteiger partial charge >= 0.3 is 0 Å². The molecule has 0 bridgehead atoms. The van der Waals surface area contributed by atoms with Crippen LogP contribution in [0.1, 0.15) is 26.0 Å². The van der Waals surface area contributed by atoms with Gasteiger partial charge in [-0.1, -0.05) is 13.3 Å². The van der Waals surface area contributed by atoms with Crippen LogP contribution in [-0.4, -0.2) is 76.8 Å². The Morgan fingerprint density at radius 2 is 1.82 bits per heavy atom. The van der Waals surface area contributed by atoms with Crippen LogP contribution in [0.4, 0.5) is 0 Å². The molecule has 2 aromatic heterocycles. The van der Waals surface area contributed by atoms with Gasteiger partial charge in [-0.3, -0.25) is 14.0 Å². The molecule has 0 N–H and O–H groups in total. The molecular weight excluding hydrogens is 444 g/mol. The highest BCUT2D eigenvalue weighted by Gasteiger charge is 2.29. The van der Waals surface area contributed by atoms with Gasteiger partial charge in [-0.15, -0.1) is 0 Å². The van der Waals surface area contributed by atoms with Gasteiger partial charge in [0.2, 0.25) is 10.0 Å². The molecule has 3 heterocycles. The van der Waals surface area contributed by atoms with Crippen molar-refractivity contribution in [2.75, 3.05) is 39.8 Å². The summed E-state index contributed by atoms with van der Waals surface area (Å²) in [6.07, 6.45) is 3.03. The van der Waals surface area contributed by atoms with Crippen LogP contribution in [0.2, 0.25) is 0 Å². The van der Waals surface area contributed by atoms with Crippen molar-refractivity contribution in [3.8, 4) is 11.4 Å². The van der Waals surface area contributed by atoms with Crippen molar-refractivity contribution in [3.63, 3.8) is 0 Å². The predicted octanol–water partition coefficient (Wildman–Crippen LogP) is 1.41. The fraction of sp³-hybridized carbons (Fsp3) is 0.500. The molecule has 1 aromatic carbocycles. The third-order valence-corrected chi connectivity index (χ3v) is 7.79. The number of rotatable bonds is 7. The third-order valence-electron chi connectivity index (χ3n) is 5.89. The Bertz CT molecular complexity index is 1320. The van der Waals surface area contributed by atoms with Crippen molar-refractivity contribution in [3.05, 3.63) is 40.6 Å². The average molecular weight is 475 g/mol. The minimum absolute atomic E-state index is 0.120. The van der Waals surface area contributed by atoms with E-state index < -0.39 is 10.0 Å². The van der Waals surface area contributed by atoms with E-state index in [-0.39, 0.29) is 10.5 Å². The lowest BCUT2D eigenvalue weighted by atomic mass is 10.2. The summed E-state index contributed by atoms with van der Waals surface area (Å²) in [6, 6.07) is 4.63. The first kappa shape index (κ1) is 23.4. The second-order valence-corrected chi connectivity index (χ2v) is 10.1. The third kappa shape index (κ3) is 4.28. The lowest BCUT2D eigenvalue weighted by Crippen LogP contribution is -2.47. The molecule has 0 amide bonds. The minimum atomic E-state index is -3.72. The number of piperazine rings is 1. The second kappa shape index (κ2) is 9.24. The van der Waals surface area contributed by atoms with E-state index in [0.29, 0.717) is 55.3 Å². The second-order valence-electron chi connectivity index (χ2n) is 8.21. The number of benzene rings is 1. The molecule has 0 radical (unpaired) electrons. The maximum Gasteiger partial charge on any atom is 0.284 e. The standard InChI is InChI=1S/C22H30N6O4S/c1-5-7-17-20-21(26(4)24-17)22(29)28(15-23-20)18-14-16(8-9-19(18)32-6-2)33(30,31)27-12-10-25(3)11-13-27/h8-9,14-15H,5-7,10-13H2,1-4H3. The lowest BCUT2D eigenvalue weighted by Gasteiger charge is -2.31. The van der Waals surface area contributed by atoms with E-state index in [2.05, 4.69) is 15.0 Å². The fourth-order valence-corrected chi connectivity index (χ4v) is 5.55. The molecule has 33 heavy (non-hydrogen) atoms. The van der Waals surface area contributed by atoms with E-state index in [9.17, 15) is 13.2 Å². The molecule has 0 saturated carbocycles. The van der Waals surface area contributed by atoms with Crippen LogP contribution in [0.25, 0.3) is 16.7 Å². The Morgan fingerprint density at radius 3 is 2.48 bits per heavy atom. The van der Waals surface area contributed by atoms with Crippen LogP contribution < -0.4 is 10.3 Å². The maximum atomic E-state index is 13.5. The van der Waals surface area contributed by atoms with E-state index in [0.717, 1.165) is 18.5 Å². The predicted molar refractivity (Wildman–Crippen MR) is 126 cm³/mol. The summed E-state index contributed by atoms with van der Waals surface area (Å²) in [5.41, 5.74) is 1.73. The van der Waals surface area contributed by atoms with Gasteiger partial charge in [-0.05, 0) is 38.6 Å². The van der Waals surface area contributed by atoms with Crippen molar-refractivity contribution >= 4 is 21.1 Å². The monoisotopic (exact) mass is 474 g/mol. The number of sulfonamides is 1. The Balaban J connectivity index is 1.85. The van der Waals surface area contributed by atoms with E-state index >= 15 is 0 Å². The summed E-state index contributed by atoms with van der Waals surface area (Å²) in [4.78, 5) is 20.2. The van der Waals surface area contributed by atoms with Crippen molar-refractivity contribution < 1.29 is 13.2 Å². The minimum Gasteiger partial charge on any atom is -0.492 e. The lowest BCUT2D eigenvalue weighted by molar-refractivity contribution is 0.222. The van der Waals surface area contributed by atoms with Gasteiger partial charge < -0.3 is 9.64 Å². The Morgan fingerprint density at radius 1 is 1.09 bits per heavy atom. The highest BCUT2D eigenvalue weighted by Crippen LogP contribution is 2.28. The first-order chi connectivity index (χ1) is 15.8. The van der Waals surface area contributed by atoms with Crippen LogP contribution in [0, 0.1) is 0 Å². The van der Waals surface area contributed by atoms with Crippen molar-refractivity contribution in [2.24, 2.45) is 7.05 Å². The summed E-state index contributed by atoms with van der Waals surface area (Å²) in [7, 11) is -0.0306. The van der Waals surface area contributed by atoms with Crippen molar-refractivity contribution in [1.82, 2.24) is 28.5 Å². The zero-order valence-electron chi connectivity index (χ0n) is 19.5. The van der Waals surface area contributed by atoms with Crippen LogP contribution in [0.15, 0.2) is 34.2 Å². The number of nitrogens with zero attached hydrogens (tertiary/aromatic N) is 6. The molecule has 3 aromatic rings. The zero-order chi connectivity index (χ0) is 23.8. The highest BCUT2D eigenvalue weighted by molar-refractivity contribution is 7.89. The molecule has 0 aliphatic carbocycles. The van der Waals surface area contributed by atoms with Crippen LogP contribution >= 0.6 is 0 Å². The maximum absolute atomic E-state index is 13.5. The largest absolute Gasteiger partial charge is 0.492 e. The van der Waals surface area contributed by atoms with Gasteiger partial charge in [0.25, 0.3) is 5.56 Å². The summed E-state index contributed by atoms with van der Waals surface area (Å²) in [5.74, 6) is 0.411. The molecule has 1 aliphatic heterocycles. The van der Waals surface area contributed by atoms with Gasteiger partial charge in [0.15, 0.2) is 5.52 Å². The van der Waals surface area contributed by atoms with Crippen LogP contribution in [-0.2, 0) is 23.5 Å². The molecule has 10 nitrogen and oxygen atoms in total. The number of aryl methyl sites for hydroxylation is 2. The number of fused-ring (bicyclic) bond motifs is 1. The number of likely N-dealkylation sites (N-methyl/N-ethyl adjacent to an activating group) is 1. The SMILES string of the molecule is CCCc1nn(C)c2c(=O)n(-c3cc(S(=O)(=O)N4CCN(C)CC4)ccc3OCC)cnc12. The summed E-state index contributed by atoms with van der Waals surface area (Å²) < 4.78 is 36.7. The highest BCUT2D eigenvalue weighted by atomic mass is 32.2. The van der Waals surface area contributed by atoms with Gasteiger partial charge in [0.1, 0.15) is 17.6 Å². The molecule has 1 fully saturated rings. The smallest absolute Gasteiger partial charge is 0.284 e. The van der Waals surface area contributed by atoms with Gasteiger partial charge in [0.05, 0.1) is 22.9 Å².